The van der Waals surface area contributed by atoms with Crippen molar-refractivity contribution in [2.75, 3.05) is 43.1 Å². The van der Waals surface area contributed by atoms with E-state index >= 15 is 0 Å². The molecule has 1 aliphatic heterocycles. The van der Waals surface area contributed by atoms with Crippen LogP contribution < -0.4 is 15.5 Å². The molecule has 2 aliphatic carbocycles. The normalized spacial score (nSPS) is 21.4. The van der Waals surface area contributed by atoms with Gasteiger partial charge in [0.25, 0.3) is 0 Å². The molecule has 2 aromatic rings. The first-order chi connectivity index (χ1) is 16.8. The van der Waals surface area contributed by atoms with Crippen molar-refractivity contribution >= 4 is 38.7 Å². The van der Waals surface area contributed by atoms with Gasteiger partial charge in [-0.2, -0.15) is 0 Å². The monoisotopic (exact) mass is 517 g/mol. The molecule has 35 heavy (non-hydrogen) atoms. The number of benzene rings is 1. The van der Waals surface area contributed by atoms with E-state index < -0.39 is 14.6 Å². The second-order valence-corrected chi connectivity index (χ2v) is 12.4. The van der Waals surface area contributed by atoms with Crippen molar-refractivity contribution in [3.8, 4) is 11.4 Å². The zero-order valence-corrected chi connectivity index (χ0v) is 21.4. The van der Waals surface area contributed by atoms with Gasteiger partial charge in [-0.1, -0.05) is 0 Å². The second-order valence-electron chi connectivity index (χ2n) is 9.47. The molecule has 11 heteroatoms. The van der Waals surface area contributed by atoms with E-state index in [9.17, 15) is 8.42 Å². The highest BCUT2D eigenvalue weighted by atomic mass is 32.2. The Bertz CT molecular complexity index is 1200. The average molecular weight is 518 g/mol. The Kier molecular flexibility index (Phi) is 6.69. The minimum absolute atomic E-state index is 0.00348. The van der Waals surface area contributed by atoms with Crippen LogP contribution >= 0.6 is 12.2 Å². The van der Waals surface area contributed by atoms with Gasteiger partial charge in [0.15, 0.2) is 20.8 Å². The fourth-order valence-corrected chi connectivity index (χ4v) is 7.24. The van der Waals surface area contributed by atoms with Crippen LogP contribution in [-0.4, -0.2) is 72.8 Å². The quantitative estimate of drug-likeness (QED) is 0.450. The van der Waals surface area contributed by atoms with Crippen molar-refractivity contribution in [3.05, 3.63) is 36.0 Å². The molecule has 5 rings (SSSR count). The molecule has 3 aliphatic rings. The van der Waals surface area contributed by atoms with E-state index in [1.807, 2.05) is 30.3 Å². The Morgan fingerprint density at radius 3 is 2.63 bits per heavy atom. The van der Waals surface area contributed by atoms with E-state index in [1.165, 1.54) is 0 Å². The van der Waals surface area contributed by atoms with Crippen LogP contribution in [0.3, 0.4) is 0 Å². The van der Waals surface area contributed by atoms with Crippen molar-refractivity contribution in [2.24, 2.45) is 0 Å². The minimum atomic E-state index is -3.28. The summed E-state index contributed by atoms with van der Waals surface area (Å²) < 4.78 is 31.4. The highest BCUT2D eigenvalue weighted by Gasteiger charge is 2.61. The number of rotatable bonds is 8. The van der Waals surface area contributed by atoms with Crippen LogP contribution in [0.1, 0.15) is 38.3 Å². The summed E-state index contributed by atoms with van der Waals surface area (Å²) in [4.78, 5) is 11.9. The predicted molar refractivity (Wildman–Crippen MR) is 139 cm³/mol. The van der Waals surface area contributed by atoms with Gasteiger partial charge in [-0.25, -0.2) is 18.4 Å². The third kappa shape index (κ3) is 4.87. The number of aliphatic hydroxyl groups excluding tert-OH is 1. The maximum absolute atomic E-state index is 13.4. The molecule has 0 unspecified atom stereocenters. The van der Waals surface area contributed by atoms with E-state index in [0.717, 1.165) is 29.9 Å². The van der Waals surface area contributed by atoms with Crippen LogP contribution in [0.4, 0.5) is 11.5 Å². The van der Waals surface area contributed by atoms with Gasteiger partial charge in [0, 0.05) is 30.4 Å². The number of ether oxygens (including phenoxy) is 1. The van der Waals surface area contributed by atoms with Crippen LogP contribution in [0.5, 0.6) is 0 Å². The van der Waals surface area contributed by atoms with Crippen LogP contribution in [0.25, 0.3) is 11.4 Å². The fraction of sp³-hybridized carbons (Fsp3) is 0.542. The van der Waals surface area contributed by atoms with Crippen molar-refractivity contribution in [1.82, 2.24) is 15.3 Å². The van der Waals surface area contributed by atoms with Crippen LogP contribution in [-0.2, 0) is 19.3 Å². The topological polar surface area (TPSA) is 117 Å². The smallest absolute Gasteiger partial charge is 0.170 e. The molecule has 2 saturated carbocycles. The molecule has 9 nitrogen and oxygen atoms in total. The molecule has 188 valence electrons. The van der Waals surface area contributed by atoms with Crippen LogP contribution in [0.15, 0.2) is 30.3 Å². The number of aromatic nitrogens is 2. The summed E-state index contributed by atoms with van der Waals surface area (Å²) >= 11 is 5.22. The van der Waals surface area contributed by atoms with Gasteiger partial charge in [-0.3, -0.25) is 0 Å². The highest BCUT2D eigenvalue weighted by Crippen LogP contribution is 2.57. The molecule has 1 aromatic carbocycles. The lowest BCUT2D eigenvalue weighted by atomic mass is 10.1. The number of morpholine rings is 1. The zero-order valence-electron chi connectivity index (χ0n) is 19.7. The molecule has 0 bridgehead atoms. The lowest BCUT2D eigenvalue weighted by molar-refractivity contribution is 0.0985. The van der Waals surface area contributed by atoms with E-state index in [4.69, 9.17) is 32.0 Å². The van der Waals surface area contributed by atoms with Gasteiger partial charge in [0.05, 0.1) is 36.8 Å². The summed E-state index contributed by atoms with van der Waals surface area (Å²) in [5.74, 6) is 1.26. The third-order valence-corrected chi connectivity index (χ3v) is 10.2. The minimum Gasteiger partial charge on any atom is -0.395 e. The zero-order chi connectivity index (χ0) is 24.6. The molecule has 1 atom stereocenters. The van der Waals surface area contributed by atoms with Crippen LogP contribution in [0.2, 0.25) is 0 Å². The summed E-state index contributed by atoms with van der Waals surface area (Å²) in [7, 11) is -3.28. The molecular weight excluding hydrogens is 486 g/mol. The molecule has 3 N–H and O–H groups in total. The molecule has 0 spiro atoms. The molecular formula is C24H31N5O4S2. The maximum Gasteiger partial charge on any atom is 0.170 e. The summed E-state index contributed by atoms with van der Waals surface area (Å²) in [5, 5.41) is 15.1. The summed E-state index contributed by atoms with van der Waals surface area (Å²) in [6.45, 7) is 4.36. The number of sulfone groups is 1. The Labute approximate surface area is 211 Å². The summed E-state index contributed by atoms with van der Waals surface area (Å²) in [6, 6.07) is 9.58. The molecule has 1 aromatic heterocycles. The van der Waals surface area contributed by atoms with Gasteiger partial charge in [0.2, 0.25) is 0 Å². The number of hydrogen-bond donors (Lipinski definition) is 3. The lowest BCUT2D eigenvalue weighted by Gasteiger charge is -2.34. The Morgan fingerprint density at radius 2 is 2.00 bits per heavy atom. The van der Waals surface area contributed by atoms with Crippen molar-refractivity contribution in [3.63, 3.8) is 0 Å². The number of anilines is 2. The number of thiocarbonyl (C=S) groups is 1. The molecule has 1 saturated heterocycles. The average Bonchev–Trinajstić information content (AvgIpc) is 3.76. The lowest BCUT2D eigenvalue weighted by Crippen LogP contribution is -2.44. The van der Waals surface area contributed by atoms with Gasteiger partial charge in [-0.15, -0.1) is 0 Å². The Balaban J connectivity index is 1.49. The SMILES string of the molecule is C[C@@H]1COCCN1c1cc(C2(S(=O)(=O)C3CC3)CC2)nc(-c2ccc(NC(=S)NCCO)cc2)n1. The van der Waals surface area contributed by atoms with Gasteiger partial charge in [-0.05, 0) is 69.1 Å². The number of nitrogens with zero attached hydrogens (tertiary/aromatic N) is 3. The van der Waals surface area contributed by atoms with Crippen molar-refractivity contribution < 1.29 is 18.3 Å². The molecule has 0 amide bonds. The van der Waals surface area contributed by atoms with Gasteiger partial charge < -0.3 is 25.4 Å². The molecule has 3 fully saturated rings. The maximum atomic E-state index is 13.4. The van der Waals surface area contributed by atoms with Gasteiger partial charge >= 0.3 is 0 Å². The number of hydrogen-bond acceptors (Lipinski definition) is 8. The molecule has 2 heterocycles. The first kappa shape index (κ1) is 24.4. The summed E-state index contributed by atoms with van der Waals surface area (Å²) in [5.41, 5.74) is 2.20. The first-order valence-electron chi connectivity index (χ1n) is 12.1. The summed E-state index contributed by atoms with van der Waals surface area (Å²) in [6.07, 6.45) is 2.72. The van der Waals surface area contributed by atoms with E-state index in [1.54, 1.807) is 0 Å². The van der Waals surface area contributed by atoms with E-state index in [0.29, 0.717) is 55.8 Å². The Morgan fingerprint density at radius 1 is 1.26 bits per heavy atom. The number of nitrogens with one attached hydrogen (secondary N) is 2. The standard InChI is InChI=1S/C24H31N5O4S2/c1-16-15-33-13-11-29(16)21-14-20(24(8-9-24)35(31,32)19-6-7-19)27-22(28-21)17-2-4-18(5-3-17)26-23(34)25-10-12-30/h2-5,14,16,19,30H,6-13,15H2,1H3,(H2,25,26,34)/t16-/m1/s1. The third-order valence-electron chi connectivity index (χ3n) is 6.85. The number of aliphatic hydroxyl groups is 1. The molecule has 0 radical (unpaired) electrons. The van der Waals surface area contributed by atoms with Crippen LogP contribution in [0, 0.1) is 0 Å². The highest BCUT2D eigenvalue weighted by molar-refractivity contribution is 7.93. The van der Waals surface area contributed by atoms with E-state index in [-0.39, 0.29) is 17.9 Å². The predicted octanol–water partition coefficient (Wildman–Crippen LogP) is 2.21. The second kappa shape index (κ2) is 9.61. The van der Waals surface area contributed by atoms with E-state index in [2.05, 4.69) is 22.5 Å². The van der Waals surface area contributed by atoms with Gasteiger partial charge in [0.1, 0.15) is 10.6 Å². The first-order valence-corrected chi connectivity index (χ1v) is 14.0. The largest absolute Gasteiger partial charge is 0.395 e. The van der Waals surface area contributed by atoms with Crippen molar-refractivity contribution in [1.29, 1.82) is 0 Å². The Hall–Kier alpha value is -2.34. The van der Waals surface area contributed by atoms with Crippen molar-refractivity contribution in [2.45, 2.75) is 48.6 Å². The fourth-order valence-electron chi connectivity index (χ4n) is 4.56.